The van der Waals surface area contributed by atoms with Crippen LogP contribution in [-0.4, -0.2) is 45.7 Å². The molecule has 1 heterocycles. The normalized spacial score (nSPS) is 40.3. The lowest BCUT2D eigenvalue weighted by atomic mass is 9.42. The maximum absolute atomic E-state index is 13.8. The zero-order valence-corrected chi connectivity index (χ0v) is 23.8. The average Bonchev–Trinajstić information content (AvgIpc) is 3.47. The van der Waals surface area contributed by atoms with Gasteiger partial charge >= 0.3 is 0 Å². The van der Waals surface area contributed by atoms with Crippen LogP contribution < -0.4 is 9.47 Å². The largest absolute Gasteiger partial charge is 0.497 e. The van der Waals surface area contributed by atoms with Crippen molar-refractivity contribution in [2.75, 3.05) is 14.2 Å². The van der Waals surface area contributed by atoms with Gasteiger partial charge in [0.1, 0.15) is 17.8 Å². The van der Waals surface area contributed by atoms with Gasteiger partial charge in [0.2, 0.25) is 0 Å². The molecule has 208 valence electrons. The molecule has 7 heteroatoms. The highest BCUT2D eigenvalue weighted by Crippen LogP contribution is 2.69. The van der Waals surface area contributed by atoms with Crippen molar-refractivity contribution < 1.29 is 19.4 Å². The van der Waals surface area contributed by atoms with Gasteiger partial charge in [-0.1, -0.05) is 13.8 Å². The molecule has 0 bridgehead atoms. The number of rotatable bonds is 6. The van der Waals surface area contributed by atoms with E-state index in [1.807, 2.05) is 13.0 Å². The monoisotopic (exact) mass is 523 g/mol. The SMILES string of the molecule is CC[C@]12CC[C@@](C)(O)C[C@@H]1CC[C@H]1[C@@H]3CC[C@H](C(=O)Cn4nc5cc(OC)cc(OC)c5n4)[C@@]3(C)CC[C@@H]12. The van der Waals surface area contributed by atoms with Gasteiger partial charge in [0.25, 0.3) is 0 Å². The summed E-state index contributed by atoms with van der Waals surface area (Å²) in [5.41, 5.74) is 1.29. The zero-order chi connectivity index (χ0) is 26.9. The molecular formula is C31H45N3O4. The fourth-order valence-electron chi connectivity index (χ4n) is 10.1. The van der Waals surface area contributed by atoms with Crippen LogP contribution >= 0.6 is 0 Å². The van der Waals surface area contributed by atoms with E-state index in [9.17, 15) is 9.90 Å². The molecule has 1 aromatic carbocycles. The van der Waals surface area contributed by atoms with E-state index in [0.717, 1.165) is 38.0 Å². The first-order chi connectivity index (χ1) is 18.1. The van der Waals surface area contributed by atoms with Crippen LogP contribution in [0.3, 0.4) is 0 Å². The highest BCUT2D eigenvalue weighted by Gasteiger charge is 2.62. The van der Waals surface area contributed by atoms with E-state index in [4.69, 9.17) is 9.47 Å². The van der Waals surface area contributed by atoms with Crippen LogP contribution in [0.1, 0.15) is 85.0 Å². The van der Waals surface area contributed by atoms with E-state index in [0.29, 0.717) is 45.7 Å². The highest BCUT2D eigenvalue weighted by molar-refractivity contribution is 5.84. The Balaban J connectivity index is 1.22. The number of ether oxygens (including phenoxy) is 2. The molecule has 2 aromatic rings. The minimum absolute atomic E-state index is 0.0632. The summed E-state index contributed by atoms with van der Waals surface area (Å²) in [5.74, 6) is 4.34. The lowest BCUT2D eigenvalue weighted by Crippen LogP contribution is -2.56. The van der Waals surface area contributed by atoms with Crippen LogP contribution in [0.25, 0.3) is 11.0 Å². The second-order valence-electron chi connectivity index (χ2n) is 13.5. The van der Waals surface area contributed by atoms with Gasteiger partial charge in [-0.15, -0.1) is 5.10 Å². The standard InChI is InChI=1S/C31H45N3O4/c1-6-31-14-13-29(2,36)17-19(31)7-8-21-22-9-10-24(30(22,3)12-11-23(21)31)26(35)18-34-32-25-15-20(37-4)16-27(38-5)28(25)33-34/h15-16,19,21-24,36H,6-14,17-18H2,1-5H3/t19-,21-,22-,23-,24+,29+,30-,31-/m0/s1. The number of aliphatic hydroxyl groups is 1. The third-order valence-corrected chi connectivity index (χ3v) is 11.9. The molecule has 1 aromatic heterocycles. The summed E-state index contributed by atoms with van der Waals surface area (Å²) in [6, 6.07) is 3.64. The Bertz CT molecular complexity index is 1220. The number of methoxy groups -OCH3 is 2. The van der Waals surface area contributed by atoms with Crippen LogP contribution in [0.2, 0.25) is 0 Å². The van der Waals surface area contributed by atoms with Crippen molar-refractivity contribution in [1.82, 2.24) is 15.0 Å². The number of hydrogen-bond donors (Lipinski definition) is 1. The fourth-order valence-corrected chi connectivity index (χ4v) is 10.1. The van der Waals surface area contributed by atoms with Gasteiger partial charge in [-0.25, -0.2) is 0 Å². The molecule has 6 rings (SSSR count). The van der Waals surface area contributed by atoms with Crippen molar-refractivity contribution in [3.05, 3.63) is 12.1 Å². The molecule has 0 aliphatic heterocycles. The van der Waals surface area contributed by atoms with E-state index in [-0.39, 0.29) is 23.7 Å². The van der Waals surface area contributed by atoms with E-state index in [1.54, 1.807) is 25.1 Å². The number of carbonyl (C=O) groups is 1. The smallest absolute Gasteiger partial charge is 0.159 e. The predicted molar refractivity (Wildman–Crippen MR) is 146 cm³/mol. The number of Topliss-reactive ketones (excluding diaryl/α,β-unsaturated/α-hetero) is 1. The van der Waals surface area contributed by atoms with E-state index in [2.05, 4.69) is 24.0 Å². The number of hydrogen-bond acceptors (Lipinski definition) is 6. The Kier molecular flexibility index (Phi) is 6.32. The summed E-state index contributed by atoms with van der Waals surface area (Å²) in [4.78, 5) is 15.4. The molecule has 4 fully saturated rings. The van der Waals surface area contributed by atoms with Crippen molar-refractivity contribution >= 4 is 16.8 Å². The number of aromatic nitrogens is 3. The van der Waals surface area contributed by atoms with Gasteiger partial charge in [0, 0.05) is 18.1 Å². The second-order valence-corrected chi connectivity index (χ2v) is 13.5. The van der Waals surface area contributed by atoms with Gasteiger partial charge in [0.15, 0.2) is 17.0 Å². The van der Waals surface area contributed by atoms with Crippen LogP contribution in [0.5, 0.6) is 11.5 Å². The number of ketones is 1. The first-order valence-corrected chi connectivity index (χ1v) is 14.9. The summed E-state index contributed by atoms with van der Waals surface area (Å²) in [5, 5.41) is 20.1. The Labute approximate surface area is 226 Å². The zero-order valence-electron chi connectivity index (χ0n) is 23.8. The molecule has 4 aliphatic rings. The molecule has 0 amide bonds. The van der Waals surface area contributed by atoms with Crippen LogP contribution in [0.4, 0.5) is 0 Å². The molecule has 0 saturated heterocycles. The second kappa shape index (κ2) is 9.21. The van der Waals surface area contributed by atoms with Crippen LogP contribution in [0.15, 0.2) is 12.1 Å². The maximum atomic E-state index is 13.8. The molecule has 4 aliphatic carbocycles. The summed E-state index contributed by atoms with van der Waals surface area (Å²) < 4.78 is 10.9. The lowest BCUT2D eigenvalue weighted by Gasteiger charge is -2.63. The van der Waals surface area contributed by atoms with E-state index < -0.39 is 5.60 Å². The molecule has 0 unspecified atom stereocenters. The number of benzene rings is 1. The maximum Gasteiger partial charge on any atom is 0.159 e. The van der Waals surface area contributed by atoms with Crippen molar-refractivity contribution in [3.63, 3.8) is 0 Å². The molecule has 38 heavy (non-hydrogen) atoms. The fraction of sp³-hybridized carbons (Fsp3) is 0.774. The molecular weight excluding hydrogens is 478 g/mol. The van der Waals surface area contributed by atoms with Crippen molar-refractivity contribution in [3.8, 4) is 11.5 Å². The van der Waals surface area contributed by atoms with Crippen LogP contribution in [-0.2, 0) is 11.3 Å². The summed E-state index contributed by atoms with van der Waals surface area (Å²) in [6.07, 6.45) is 11.3. The van der Waals surface area contributed by atoms with Gasteiger partial charge in [0.05, 0.1) is 19.8 Å². The van der Waals surface area contributed by atoms with Gasteiger partial charge in [-0.3, -0.25) is 4.79 Å². The molecule has 1 N–H and O–H groups in total. The molecule has 0 spiro atoms. The minimum atomic E-state index is -0.495. The Hall–Kier alpha value is -2.15. The quantitative estimate of drug-likeness (QED) is 0.514. The van der Waals surface area contributed by atoms with Crippen LogP contribution in [0, 0.1) is 40.4 Å². The Morgan fingerprint density at radius 2 is 1.84 bits per heavy atom. The van der Waals surface area contributed by atoms with E-state index in [1.165, 1.54) is 32.1 Å². The molecule has 7 nitrogen and oxygen atoms in total. The van der Waals surface area contributed by atoms with Gasteiger partial charge in [-0.05, 0) is 106 Å². The Morgan fingerprint density at radius 3 is 2.58 bits per heavy atom. The van der Waals surface area contributed by atoms with Gasteiger partial charge < -0.3 is 14.6 Å². The average molecular weight is 524 g/mol. The Morgan fingerprint density at radius 1 is 1.03 bits per heavy atom. The van der Waals surface area contributed by atoms with Crippen molar-refractivity contribution in [2.24, 2.45) is 40.4 Å². The number of nitrogens with zero attached hydrogens (tertiary/aromatic N) is 3. The summed E-state index contributed by atoms with van der Waals surface area (Å²) in [7, 11) is 3.23. The number of carbonyl (C=O) groups excluding carboxylic acids is 1. The van der Waals surface area contributed by atoms with Gasteiger partial charge in [-0.2, -0.15) is 9.90 Å². The first-order valence-electron chi connectivity index (χ1n) is 14.9. The topological polar surface area (TPSA) is 86.5 Å². The summed E-state index contributed by atoms with van der Waals surface area (Å²) >= 11 is 0. The van der Waals surface area contributed by atoms with Crippen molar-refractivity contribution in [2.45, 2.75) is 97.1 Å². The molecule has 8 atom stereocenters. The minimum Gasteiger partial charge on any atom is -0.497 e. The molecule has 0 radical (unpaired) electrons. The third-order valence-electron chi connectivity index (χ3n) is 11.9. The third kappa shape index (κ3) is 3.89. The lowest BCUT2D eigenvalue weighted by molar-refractivity contribution is -0.158. The molecule has 4 saturated carbocycles. The highest BCUT2D eigenvalue weighted by atomic mass is 16.5. The summed E-state index contributed by atoms with van der Waals surface area (Å²) in [6.45, 7) is 7.07. The predicted octanol–water partition coefficient (Wildman–Crippen LogP) is 5.82. The first kappa shape index (κ1) is 26.1. The number of fused-ring (bicyclic) bond motifs is 6. The van der Waals surface area contributed by atoms with E-state index >= 15 is 0 Å². The van der Waals surface area contributed by atoms with Crippen molar-refractivity contribution in [1.29, 1.82) is 0 Å².